The third-order valence-corrected chi connectivity index (χ3v) is 2.94. The van der Waals surface area contributed by atoms with E-state index < -0.39 is 0 Å². The van der Waals surface area contributed by atoms with Gasteiger partial charge in [0.1, 0.15) is 6.73 Å². The number of methoxy groups -OCH3 is 1. The largest absolute Gasteiger partial charge is 0.364 e. The van der Waals surface area contributed by atoms with Crippen LogP contribution in [0, 0.1) is 0 Å². The highest BCUT2D eigenvalue weighted by atomic mass is 35.5. The maximum Gasteiger partial charge on any atom is 0.200 e. The van der Waals surface area contributed by atoms with Gasteiger partial charge in [0.2, 0.25) is 0 Å². The fourth-order valence-electron chi connectivity index (χ4n) is 1.59. The Kier molecular flexibility index (Phi) is 4.10. The van der Waals surface area contributed by atoms with Crippen molar-refractivity contribution in [2.45, 2.75) is 0 Å². The first-order valence-corrected chi connectivity index (χ1v) is 5.96. The van der Waals surface area contributed by atoms with E-state index in [1.807, 2.05) is 11.0 Å². The number of hydrogen-bond donors (Lipinski definition) is 1. The van der Waals surface area contributed by atoms with Gasteiger partial charge >= 0.3 is 0 Å². The van der Waals surface area contributed by atoms with Crippen LogP contribution < -0.4 is 5.32 Å². The summed E-state index contributed by atoms with van der Waals surface area (Å²) < 4.78 is 5.09. The molecule has 0 radical (unpaired) electrons. The molecule has 0 amide bonds. The average Bonchev–Trinajstić information content (AvgIpc) is 2.71. The van der Waals surface area contributed by atoms with Crippen molar-refractivity contribution >= 4 is 34.8 Å². The van der Waals surface area contributed by atoms with Gasteiger partial charge in [-0.15, -0.1) is 0 Å². The van der Waals surface area contributed by atoms with Crippen molar-refractivity contribution in [1.29, 1.82) is 0 Å². The predicted molar refractivity (Wildman–Crippen MR) is 71.0 cm³/mol. The molecule has 0 saturated heterocycles. The summed E-state index contributed by atoms with van der Waals surface area (Å²) >= 11 is 11.9. The van der Waals surface area contributed by atoms with Gasteiger partial charge in [0.05, 0.1) is 17.3 Å². The summed E-state index contributed by atoms with van der Waals surface area (Å²) in [4.78, 5) is 6.36. The minimum atomic E-state index is 0.511. The molecule has 1 N–H and O–H groups in total. The second-order valence-electron chi connectivity index (χ2n) is 3.64. The van der Waals surface area contributed by atoms with Crippen molar-refractivity contribution in [1.82, 2.24) is 4.90 Å². The summed E-state index contributed by atoms with van der Waals surface area (Å²) in [5, 5.41) is 4.36. The van der Waals surface area contributed by atoms with Crippen molar-refractivity contribution in [3.05, 3.63) is 28.2 Å². The fraction of sp³-hybridized carbons (Fsp3) is 0.364. The summed E-state index contributed by atoms with van der Waals surface area (Å²) in [5.41, 5.74) is 0.790. The maximum absolute atomic E-state index is 6.08. The smallest absolute Gasteiger partial charge is 0.200 e. The van der Waals surface area contributed by atoms with Crippen molar-refractivity contribution < 1.29 is 4.74 Å². The van der Waals surface area contributed by atoms with Gasteiger partial charge in [0.25, 0.3) is 0 Å². The monoisotopic (exact) mass is 273 g/mol. The first kappa shape index (κ1) is 12.5. The molecule has 0 aliphatic carbocycles. The minimum Gasteiger partial charge on any atom is -0.364 e. The average molecular weight is 274 g/mol. The van der Waals surface area contributed by atoms with Crippen molar-refractivity contribution in [3.63, 3.8) is 0 Å². The van der Waals surface area contributed by atoms with Crippen LogP contribution >= 0.6 is 23.2 Å². The summed E-state index contributed by atoms with van der Waals surface area (Å²) in [6, 6.07) is 5.31. The van der Waals surface area contributed by atoms with Crippen LogP contribution in [0.15, 0.2) is 23.2 Å². The lowest BCUT2D eigenvalue weighted by atomic mass is 10.3. The van der Waals surface area contributed by atoms with Crippen LogP contribution in [-0.4, -0.2) is 37.8 Å². The molecule has 17 heavy (non-hydrogen) atoms. The Morgan fingerprint density at radius 3 is 3.00 bits per heavy atom. The lowest BCUT2D eigenvalue weighted by Crippen LogP contribution is -2.34. The number of hydrogen-bond acceptors (Lipinski definition) is 4. The summed E-state index contributed by atoms with van der Waals surface area (Å²) in [6.07, 6.45) is 0. The number of benzene rings is 1. The standard InChI is InChI=1S/C11H13Cl2N3O/c1-17-7-16-5-4-14-11(16)15-10-3-2-8(12)6-9(10)13/h2-3,6H,4-5,7H2,1H3,(H,14,15). The Bertz CT molecular complexity index is 437. The molecule has 1 aliphatic rings. The van der Waals surface area contributed by atoms with Gasteiger partial charge < -0.3 is 15.0 Å². The topological polar surface area (TPSA) is 36.9 Å². The zero-order valence-corrected chi connectivity index (χ0v) is 10.9. The van der Waals surface area contributed by atoms with Crippen LogP contribution in [0.1, 0.15) is 0 Å². The molecule has 1 aliphatic heterocycles. The second-order valence-corrected chi connectivity index (χ2v) is 4.48. The Hall–Kier alpha value is -0.970. The van der Waals surface area contributed by atoms with Gasteiger partial charge in [0.15, 0.2) is 5.96 Å². The van der Waals surface area contributed by atoms with Crippen molar-refractivity contribution in [3.8, 4) is 0 Å². The maximum atomic E-state index is 6.08. The number of halogens is 2. The lowest BCUT2D eigenvalue weighted by molar-refractivity contribution is 0.116. The summed E-state index contributed by atoms with van der Waals surface area (Å²) in [7, 11) is 1.66. The number of guanidine groups is 1. The first-order valence-electron chi connectivity index (χ1n) is 5.21. The summed E-state index contributed by atoms with van der Waals surface area (Å²) in [5.74, 6) is 0.774. The molecule has 0 spiro atoms. The molecule has 4 nitrogen and oxygen atoms in total. The normalized spacial score (nSPS) is 15.0. The number of aliphatic imine (C=N–C) groups is 1. The molecule has 1 aromatic rings. The summed E-state index contributed by atoms with van der Waals surface area (Å²) in [6.45, 7) is 2.12. The van der Waals surface area contributed by atoms with Gasteiger partial charge in [-0.05, 0) is 18.2 Å². The quantitative estimate of drug-likeness (QED) is 0.920. The van der Waals surface area contributed by atoms with E-state index in [2.05, 4.69) is 10.3 Å². The molecule has 0 unspecified atom stereocenters. The van der Waals surface area contributed by atoms with Crippen molar-refractivity contribution in [2.24, 2.45) is 4.99 Å². The van der Waals surface area contributed by atoms with Crippen LogP contribution in [0.2, 0.25) is 10.0 Å². The van der Waals surface area contributed by atoms with Crippen LogP contribution in [0.4, 0.5) is 5.69 Å². The van der Waals surface area contributed by atoms with E-state index in [-0.39, 0.29) is 0 Å². The van der Waals surface area contributed by atoms with E-state index in [4.69, 9.17) is 27.9 Å². The third-order valence-electron chi connectivity index (χ3n) is 2.39. The predicted octanol–water partition coefficient (Wildman–Crippen LogP) is 2.68. The van der Waals surface area contributed by atoms with E-state index in [0.717, 1.165) is 24.7 Å². The molecular weight excluding hydrogens is 261 g/mol. The van der Waals surface area contributed by atoms with E-state index in [0.29, 0.717) is 16.8 Å². The Labute approximate surface area is 110 Å². The molecule has 0 fully saturated rings. The minimum absolute atomic E-state index is 0.511. The number of nitrogens with one attached hydrogen (secondary N) is 1. The number of ether oxygens (including phenoxy) is 1. The number of rotatable bonds is 3. The lowest BCUT2D eigenvalue weighted by Gasteiger charge is -2.20. The van der Waals surface area contributed by atoms with Crippen LogP contribution in [0.3, 0.4) is 0 Å². The van der Waals surface area contributed by atoms with E-state index >= 15 is 0 Å². The van der Waals surface area contributed by atoms with E-state index in [1.165, 1.54) is 0 Å². The third kappa shape index (κ3) is 3.03. The van der Waals surface area contributed by atoms with Crippen LogP contribution in [0.5, 0.6) is 0 Å². The number of anilines is 1. The molecule has 92 valence electrons. The fourth-order valence-corrected chi connectivity index (χ4v) is 2.05. The highest BCUT2D eigenvalue weighted by Crippen LogP contribution is 2.25. The second kappa shape index (κ2) is 5.58. The molecule has 0 bridgehead atoms. The highest BCUT2D eigenvalue weighted by Gasteiger charge is 2.17. The van der Waals surface area contributed by atoms with E-state index in [1.54, 1.807) is 19.2 Å². The number of nitrogens with zero attached hydrogens (tertiary/aromatic N) is 2. The molecule has 2 rings (SSSR count). The molecule has 0 atom stereocenters. The van der Waals surface area contributed by atoms with Gasteiger partial charge in [-0.1, -0.05) is 23.2 Å². The highest BCUT2D eigenvalue weighted by molar-refractivity contribution is 6.36. The van der Waals surface area contributed by atoms with Crippen molar-refractivity contribution in [2.75, 3.05) is 32.2 Å². The van der Waals surface area contributed by atoms with Crippen LogP contribution in [0.25, 0.3) is 0 Å². The van der Waals surface area contributed by atoms with Gasteiger partial charge in [0, 0.05) is 18.7 Å². The Morgan fingerprint density at radius 2 is 2.29 bits per heavy atom. The molecule has 1 heterocycles. The first-order chi connectivity index (χ1) is 8.20. The van der Waals surface area contributed by atoms with Crippen LogP contribution in [-0.2, 0) is 4.74 Å². The molecular formula is C11H13Cl2N3O. The van der Waals surface area contributed by atoms with E-state index in [9.17, 15) is 0 Å². The molecule has 0 aromatic heterocycles. The van der Waals surface area contributed by atoms with Gasteiger partial charge in [-0.2, -0.15) is 0 Å². The zero-order valence-electron chi connectivity index (χ0n) is 9.41. The SMILES string of the molecule is COCN1CCN=C1Nc1ccc(Cl)cc1Cl. The molecule has 6 heteroatoms. The molecule has 0 saturated carbocycles. The van der Waals surface area contributed by atoms with Gasteiger partial charge in [-0.25, -0.2) is 0 Å². The molecule has 1 aromatic carbocycles. The Balaban J connectivity index is 2.10. The Morgan fingerprint density at radius 1 is 1.47 bits per heavy atom. The zero-order chi connectivity index (χ0) is 12.3. The van der Waals surface area contributed by atoms with Gasteiger partial charge in [-0.3, -0.25) is 4.99 Å².